The van der Waals surface area contributed by atoms with Crippen molar-refractivity contribution in [2.24, 2.45) is 0 Å². The molecule has 1 aliphatic heterocycles. The average Bonchev–Trinajstić information content (AvgIpc) is 2.97. The number of hydrogen-bond acceptors (Lipinski definition) is 2. The monoisotopic (exact) mass is 368 g/mol. The Labute approximate surface area is 159 Å². The summed E-state index contributed by atoms with van der Waals surface area (Å²) in [5, 5.41) is 4.15. The Morgan fingerprint density at radius 3 is 2.52 bits per heavy atom. The van der Waals surface area contributed by atoms with Crippen molar-refractivity contribution in [3.8, 4) is 0 Å². The second-order valence-corrected chi connectivity index (χ2v) is 7.67. The third kappa shape index (κ3) is 3.94. The molecule has 2 heterocycles. The fourth-order valence-corrected chi connectivity index (χ4v) is 4.26. The molecule has 2 aromatic rings. The van der Waals surface area contributed by atoms with Crippen molar-refractivity contribution < 1.29 is 9.59 Å². The van der Waals surface area contributed by atoms with Gasteiger partial charge in [0.15, 0.2) is 0 Å². The predicted octanol–water partition coefficient (Wildman–Crippen LogP) is 3.36. The SMILES string of the molecule is O=C(NC1CCCCC1)N1CCCN(C(=O)c2c[nH]c3ccccc23)CC1. The summed E-state index contributed by atoms with van der Waals surface area (Å²) in [6.45, 7) is 2.56. The molecule has 2 N–H and O–H groups in total. The Kier molecular flexibility index (Phi) is 5.32. The van der Waals surface area contributed by atoms with Gasteiger partial charge < -0.3 is 20.1 Å². The predicted molar refractivity (Wildman–Crippen MR) is 106 cm³/mol. The van der Waals surface area contributed by atoms with Gasteiger partial charge in [-0.2, -0.15) is 0 Å². The largest absolute Gasteiger partial charge is 0.360 e. The minimum Gasteiger partial charge on any atom is -0.360 e. The van der Waals surface area contributed by atoms with Crippen LogP contribution in [0.15, 0.2) is 30.5 Å². The van der Waals surface area contributed by atoms with Crippen molar-refractivity contribution in [2.45, 2.75) is 44.6 Å². The maximum atomic E-state index is 13.0. The Morgan fingerprint density at radius 1 is 0.926 bits per heavy atom. The van der Waals surface area contributed by atoms with E-state index in [4.69, 9.17) is 0 Å². The van der Waals surface area contributed by atoms with Crippen LogP contribution in [0.5, 0.6) is 0 Å². The van der Waals surface area contributed by atoms with E-state index in [1.54, 1.807) is 6.20 Å². The zero-order valence-electron chi connectivity index (χ0n) is 15.7. The van der Waals surface area contributed by atoms with Crippen LogP contribution < -0.4 is 5.32 Å². The van der Waals surface area contributed by atoms with Gasteiger partial charge in [0.05, 0.1) is 5.56 Å². The molecule has 1 aliphatic carbocycles. The number of urea groups is 1. The summed E-state index contributed by atoms with van der Waals surface area (Å²) in [4.78, 5) is 32.5. The van der Waals surface area contributed by atoms with E-state index in [9.17, 15) is 9.59 Å². The lowest BCUT2D eigenvalue weighted by molar-refractivity contribution is 0.0764. The summed E-state index contributed by atoms with van der Waals surface area (Å²) < 4.78 is 0. The zero-order valence-corrected chi connectivity index (χ0v) is 15.7. The first-order chi connectivity index (χ1) is 13.2. The molecule has 0 atom stereocenters. The molecule has 144 valence electrons. The lowest BCUT2D eigenvalue weighted by atomic mass is 9.96. The first-order valence-electron chi connectivity index (χ1n) is 10.1. The number of rotatable bonds is 2. The number of fused-ring (bicyclic) bond motifs is 1. The van der Waals surface area contributed by atoms with Crippen LogP contribution in [0.2, 0.25) is 0 Å². The molecule has 2 aliphatic rings. The molecule has 1 saturated carbocycles. The fraction of sp³-hybridized carbons (Fsp3) is 0.524. The van der Waals surface area contributed by atoms with Gasteiger partial charge in [-0.05, 0) is 25.3 Å². The molecule has 1 aromatic heterocycles. The van der Waals surface area contributed by atoms with Crippen LogP contribution in [-0.2, 0) is 0 Å². The number of carbonyl (C=O) groups excluding carboxylic acids is 2. The highest BCUT2D eigenvalue weighted by atomic mass is 16.2. The topological polar surface area (TPSA) is 68.4 Å². The quantitative estimate of drug-likeness (QED) is 0.853. The molecule has 6 nitrogen and oxygen atoms in total. The Balaban J connectivity index is 1.38. The van der Waals surface area contributed by atoms with E-state index < -0.39 is 0 Å². The lowest BCUT2D eigenvalue weighted by Crippen LogP contribution is -2.46. The number of hydrogen-bond donors (Lipinski definition) is 2. The highest BCUT2D eigenvalue weighted by molar-refractivity contribution is 6.06. The minimum atomic E-state index is 0.0308. The van der Waals surface area contributed by atoms with Crippen molar-refractivity contribution in [2.75, 3.05) is 26.2 Å². The van der Waals surface area contributed by atoms with Gasteiger partial charge in [0, 0.05) is 49.3 Å². The number of H-pyrrole nitrogens is 1. The van der Waals surface area contributed by atoms with E-state index in [0.717, 1.165) is 30.2 Å². The molecule has 3 amide bonds. The average molecular weight is 368 g/mol. The Bertz CT molecular complexity index is 809. The van der Waals surface area contributed by atoms with Crippen LogP contribution in [-0.4, -0.2) is 58.9 Å². The summed E-state index contributed by atoms with van der Waals surface area (Å²) in [6.07, 6.45) is 8.48. The molecule has 4 rings (SSSR count). The highest BCUT2D eigenvalue weighted by Crippen LogP contribution is 2.21. The number of nitrogens with zero attached hydrogens (tertiary/aromatic N) is 2. The molecule has 1 saturated heterocycles. The molecule has 6 heteroatoms. The van der Waals surface area contributed by atoms with E-state index in [-0.39, 0.29) is 11.9 Å². The second-order valence-electron chi connectivity index (χ2n) is 7.67. The molecular formula is C21H28N4O2. The third-order valence-corrected chi connectivity index (χ3v) is 5.82. The van der Waals surface area contributed by atoms with Gasteiger partial charge in [0.1, 0.15) is 0 Å². The normalized spacial score (nSPS) is 19.1. The number of nitrogens with one attached hydrogen (secondary N) is 2. The summed E-state index contributed by atoms with van der Waals surface area (Å²) in [6, 6.07) is 8.21. The summed E-state index contributed by atoms with van der Waals surface area (Å²) in [5.41, 5.74) is 1.69. The van der Waals surface area contributed by atoms with Gasteiger partial charge in [-0.25, -0.2) is 4.79 Å². The summed E-state index contributed by atoms with van der Waals surface area (Å²) in [5.74, 6) is 0.0435. The Morgan fingerprint density at radius 2 is 1.67 bits per heavy atom. The van der Waals surface area contributed by atoms with Gasteiger partial charge in [-0.3, -0.25) is 4.79 Å². The molecule has 0 radical (unpaired) electrons. The van der Waals surface area contributed by atoms with Gasteiger partial charge in [0.2, 0.25) is 0 Å². The van der Waals surface area contributed by atoms with Crippen LogP contribution >= 0.6 is 0 Å². The van der Waals surface area contributed by atoms with Crippen molar-refractivity contribution in [3.63, 3.8) is 0 Å². The van der Waals surface area contributed by atoms with E-state index in [0.29, 0.717) is 37.8 Å². The van der Waals surface area contributed by atoms with Crippen molar-refractivity contribution >= 4 is 22.8 Å². The molecular weight excluding hydrogens is 340 g/mol. The molecule has 2 fully saturated rings. The fourth-order valence-electron chi connectivity index (χ4n) is 4.26. The Hall–Kier alpha value is -2.50. The first-order valence-corrected chi connectivity index (χ1v) is 10.1. The van der Waals surface area contributed by atoms with Crippen molar-refractivity contribution in [1.29, 1.82) is 0 Å². The maximum Gasteiger partial charge on any atom is 0.317 e. The van der Waals surface area contributed by atoms with Crippen LogP contribution in [0.25, 0.3) is 10.9 Å². The standard InChI is InChI=1S/C21H28N4O2/c26-20(18-15-22-19-10-5-4-9-17(18)19)24-11-6-12-25(14-13-24)21(27)23-16-7-2-1-3-8-16/h4-5,9-10,15-16,22H,1-3,6-8,11-14H2,(H,23,27). The molecule has 1 aromatic carbocycles. The molecule has 0 spiro atoms. The minimum absolute atomic E-state index is 0.0308. The van der Waals surface area contributed by atoms with Crippen molar-refractivity contribution in [1.82, 2.24) is 20.1 Å². The summed E-state index contributed by atoms with van der Waals surface area (Å²) in [7, 11) is 0. The number of para-hydroxylation sites is 1. The number of carbonyl (C=O) groups is 2. The van der Waals surface area contributed by atoms with E-state index in [2.05, 4.69) is 10.3 Å². The first kappa shape index (κ1) is 17.9. The number of aromatic nitrogens is 1. The van der Waals surface area contributed by atoms with Crippen LogP contribution in [0.1, 0.15) is 48.9 Å². The van der Waals surface area contributed by atoms with Gasteiger partial charge >= 0.3 is 6.03 Å². The van der Waals surface area contributed by atoms with E-state index in [1.807, 2.05) is 34.1 Å². The molecule has 0 unspecified atom stereocenters. The van der Waals surface area contributed by atoms with E-state index >= 15 is 0 Å². The van der Waals surface area contributed by atoms with Gasteiger partial charge in [0.25, 0.3) is 5.91 Å². The van der Waals surface area contributed by atoms with Gasteiger partial charge in [-0.15, -0.1) is 0 Å². The second kappa shape index (κ2) is 8.03. The van der Waals surface area contributed by atoms with Crippen molar-refractivity contribution in [3.05, 3.63) is 36.0 Å². The smallest absolute Gasteiger partial charge is 0.317 e. The van der Waals surface area contributed by atoms with Crippen LogP contribution in [0.3, 0.4) is 0 Å². The zero-order chi connectivity index (χ0) is 18.6. The molecule has 0 bridgehead atoms. The molecule has 27 heavy (non-hydrogen) atoms. The summed E-state index contributed by atoms with van der Waals surface area (Å²) >= 11 is 0. The van der Waals surface area contributed by atoms with Crippen LogP contribution in [0.4, 0.5) is 4.79 Å². The maximum absolute atomic E-state index is 13.0. The third-order valence-electron chi connectivity index (χ3n) is 5.82. The highest BCUT2D eigenvalue weighted by Gasteiger charge is 2.25. The van der Waals surface area contributed by atoms with Gasteiger partial charge in [-0.1, -0.05) is 37.5 Å². The lowest BCUT2D eigenvalue weighted by Gasteiger charge is -2.27. The number of aromatic amines is 1. The van der Waals surface area contributed by atoms with E-state index in [1.165, 1.54) is 19.3 Å². The number of benzene rings is 1. The number of amides is 3. The van der Waals surface area contributed by atoms with Crippen LogP contribution in [0, 0.1) is 0 Å².